The van der Waals surface area contributed by atoms with Gasteiger partial charge in [-0.15, -0.1) is 0 Å². The summed E-state index contributed by atoms with van der Waals surface area (Å²) in [5.74, 6) is -0.972. The maximum absolute atomic E-state index is 15.1. The normalized spacial score (nSPS) is 21.7. The van der Waals surface area contributed by atoms with Crippen molar-refractivity contribution in [3.8, 4) is 16.9 Å². The number of phenolic OH excluding ortho intramolecular Hbond substituents is 1. The van der Waals surface area contributed by atoms with E-state index in [2.05, 4.69) is 23.6 Å². The maximum atomic E-state index is 15.1. The molecule has 2 unspecified atom stereocenters. The highest BCUT2D eigenvalue weighted by Gasteiger charge is 2.38. The molecule has 3 N–H and O–H groups in total. The highest BCUT2D eigenvalue weighted by atomic mass is 32.1. The van der Waals surface area contributed by atoms with Crippen LogP contribution in [0.3, 0.4) is 0 Å². The van der Waals surface area contributed by atoms with Gasteiger partial charge in [-0.05, 0) is 68.5 Å². The number of fused-ring (bicyclic) bond motifs is 2. The predicted molar refractivity (Wildman–Crippen MR) is 129 cm³/mol. The van der Waals surface area contributed by atoms with Gasteiger partial charge < -0.3 is 25.2 Å². The molecule has 0 amide bonds. The fraction of sp³-hybridized carbons (Fsp3) is 0.480. The first-order valence-electron chi connectivity index (χ1n) is 11.3. The van der Waals surface area contributed by atoms with Gasteiger partial charge >= 0.3 is 5.97 Å². The van der Waals surface area contributed by atoms with Crippen molar-refractivity contribution < 1.29 is 23.8 Å². The number of rotatable bonds is 6. The summed E-state index contributed by atoms with van der Waals surface area (Å²) in [5, 5.41) is 11.0. The van der Waals surface area contributed by atoms with Gasteiger partial charge in [0.1, 0.15) is 11.6 Å². The van der Waals surface area contributed by atoms with Crippen LogP contribution in [-0.2, 0) is 19.1 Å². The van der Waals surface area contributed by atoms with Crippen LogP contribution in [0.5, 0.6) is 5.75 Å². The van der Waals surface area contributed by atoms with Gasteiger partial charge in [-0.3, -0.25) is 4.79 Å². The van der Waals surface area contributed by atoms with E-state index < -0.39 is 16.7 Å². The van der Waals surface area contributed by atoms with E-state index in [-0.39, 0.29) is 24.3 Å². The first kappa shape index (κ1) is 23.9. The molecule has 2 aliphatic heterocycles. The van der Waals surface area contributed by atoms with Crippen LogP contribution in [0.2, 0.25) is 0 Å². The molecule has 6 nitrogen and oxygen atoms in total. The monoisotopic (exact) mass is 474 g/mol. The third kappa shape index (κ3) is 4.56. The van der Waals surface area contributed by atoms with E-state index in [1.54, 1.807) is 32.0 Å². The number of carbonyl (C=O) groups excluding carboxylic acids is 1. The molecule has 2 bridgehead atoms. The van der Waals surface area contributed by atoms with Gasteiger partial charge in [0.25, 0.3) is 0 Å². The third-order valence-electron chi connectivity index (χ3n) is 6.57. The van der Waals surface area contributed by atoms with E-state index in [0.29, 0.717) is 42.0 Å². The van der Waals surface area contributed by atoms with E-state index in [1.165, 1.54) is 0 Å². The lowest BCUT2D eigenvalue weighted by atomic mass is 9.91. The van der Waals surface area contributed by atoms with Crippen LogP contribution in [-0.4, -0.2) is 43.0 Å². The summed E-state index contributed by atoms with van der Waals surface area (Å²) < 4.78 is 25.7. The minimum Gasteiger partial charge on any atom is -0.507 e. The van der Waals surface area contributed by atoms with Crippen molar-refractivity contribution in [2.24, 2.45) is 5.73 Å². The number of nitrogens with two attached hydrogens (primary N) is 1. The number of thiol groups is 1. The van der Waals surface area contributed by atoms with Crippen LogP contribution >= 0.6 is 12.6 Å². The minimum absolute atomic E-state index is 0.0861. The molecule has 2 heterocycles. The average Bonchev–Trinajstić information content (AvgIpc) is 2.98. The number of morpholine rings is 1. The molecule has 4 rings (SSSR count). The Hall–Kier alpha value is -2.29. The van der Waals surface area contributed by atoms with E-state index in [4.69, 9.17) is 15.2 Å². The van der Waals surface area contributed by atoms with E-state index in [0.717, 1.165) is 24.1 Å². The quantitative estimate of drug-likeness (QED) is 0.331. The third-order valence-corrected chi connectivity index (χ3v) is 6.97. The number of halogens is 1. The Bertz CT molecular complexity index is 1040. The largest absolute Gasteiger partial charge is 0.507 e. The van der Waals surface area contributed by atoms with Crippen LogP contribution < -0.4 is 10.6 Å². The molecule has 0 aliphatic carbocycles. The Morgan fingerprint density at radius 1 is 1.24 bits per heavy atom. The van der Waals surface area contributed by atoms with Crippen LogP contribution in [0.25, 0.3) is 11.1 Å². The summed E-state index contributed by atoms with van der Waals surface area (Å²) in [6, 6.07) is 7.70. The molecular formula is C25H31FN2O4S. The van der Waals surface area contributed by atoms with Crippen LogP contribution in [0.1, 0.15) is 42.9 Å². The molecule has 2 aromatic carbocycles. The van der Waals surface area contributed by atoms with Crippen molar-refractivity contribution in [3.05, 3.63) is 46.8 Å². The second-order valence-corrected chi connectivity index (χ2v) is 9.85. The second kappa shape index (κ2) is 9.16. The smallest absolute Gasteiger partial charge is 0.308 e. The number of nitrogens with zero attached hydrogens (tertiary/aromatic N) is 1. The molecule has 178 valence electrons. The van der Waals surface area contributed by atoms with Crippen molar-refractivity contribution in [3.63, 3.8) is 0 Å². The summed E-state index contributed by atoms with van der Waals surface area (Å²) in [5.41, 5.74) is 9.74. The van der Waals surface area contributed by atoms with Gasteiger partial charge in [0.15, 0.2) is 0 Å². The summed E-state index contributed by atoms with van der Waals surface area (Å²) in [6.07, 6.45) is 1.87. The highest BCUT2D eigenvalue weighted by molar-refractivity contribution is 7.81. The first-order chi connectivity index (χ1) is 15.6. The maximum Gasteiger partial charge on any atom is 0.308 e. The van der Waals surface area contributed by atoms with Gasteiger partial charge in [-0.2, -0.15) is 12.6 Å². The van der Waals surface area contributed by atoms with Gasteiger partial charge in [0.2, 0.25) is 0 Å². The number of hydrogen-bond acceptors (Lipinski definition) is 7. The zero-order chi connectivity index (χ0) is 23.9. The second-order valence-electron chi connectivity index (χ2n) is 9.05. The van der Waals surface area contributed by atoms with Crippen molar-refractivity contribution >= 4 is 24.3 Å². The number of esters is 1. The number of benzene rings is 2. The van der Waals surface area contributed by atoms with Crippen LogP contribution in [0.15, 0.2) is 24.3 Å². The molecule has 3 atom stereocenters. The lowest BCUT2D eigenvalue weighted by molar-refractivity contribution is -0.143. The highest BCUT2D eigenvalue weighted by Crippen LogP contribution is 2.42. The summed E-state index contributed by atoms with van der Waals surface area (Å²) in [7, 11) is 0. The minimum atomic E-state index is -1.56. The van der Waals surface area contributed by atoms with Crippen LogP contribution in [0, 0.1) is 19.7 Å². The van der Waals surface area contributed by atoms with E-state index in [9.17, 15) is 9.90 Å². The summed E-state index contributed by atoms with van der Waals surface area (Å²) >= 11 is 4.41. The number of anilines is 1. The van der Waals surface area contributed by atoms with E-state index >= 15 is 4.39 Å². The van der Waals surface area contributed by atoms with Gasteiger partial charge in [-0.25, -0.2) is 4.39 Å². The molecule has 8 heteroatoms. The lowest BCUT2D eigenvalue weighted by Gasteiger charge is -2.37. The Morgan fingerprint density at radius 3 is 2.52 bits per heavy atom. The predicted octanol–water partition coefficient (Wildman–Crippen LogP) is 4.18. The van der Waals surface area contributed by atoms with Gasteiger partial charge in [0.05, 0.1) is 43.2 Å². The molecule has 0 spiro atoms. The first-order valence-corrected chi connectivity index (χ1v) is 11.7. The van der Waals surface area contributed by atoms with E-state index in [1.807, 2.05) is 6.92 Å². The Labute approximate surface area is 199 Å². The average molecular weight is 475 g/mol. The van der Waals surface area contributed by atoms with Crippen molar-refractivity contribution in [1.29, 1.82) is 0 Å². The number of hydrogen-bond donors (Lipinski definition) is 3. The van der Waals surface area contributed by atoms with Crippen LogP contribution in [0.4, 0.5) is 10.1 Å². The van der Waals surface area contributed by atoms with Crippen molar-refractivity contribution in [1.82, 2.24) is 0 Å². The molecule has 0 aromatic heterocycles. The Balaban J connectivity index is 1.73. The zero-order valence-corrected chi connectivity index (χ0v) is 20.1. The zero-order valence-electron chi connectivity index (χ0n) is 19.2. The Morgan fingerprint density at radius 2 is 1.91 bits per heavy atom. The van der Waals surface area contributed by atoms with Crippen molar-refractivity contribution in [2.45, 2.75) is 57.0 Å². The molecule has 2 aliphatic rings. The molecular weight excluding hydrogens is 443 g/mol. The molecule has 0 radical (unpaired) electrons. The fourth-order valence-corrected chi connectivity index (χ4v) is 5.37. The standard InChI is InChI=1S/C25H31FN2O4S/c1-4-32-22(30)11-25(27,33)20-9-16(7-15(3)24(20)26)23-14(2)8-19(10-21(23)29)28-17-5-6-18(28)13-31-12-17/h7-10,17-18,29,33H,4-6,11-13,27H2,1-3H3/t17?,18?,25-/m0/s1. The molecule has 33 heavy (non-hydrogen) atoms. The molecule has 2 saturated heterocycles. The number of carbonyl (C=O) groups is 1. The fourth-order valence-electron chi connectivity index (χ4n) is 5.08. The number of ether oxygens (including phenoxy) is 2. The molecule has 2 aromatic rings. The van der Waals surface area contributed by atoms with Gasteiger partial charge in [0, 0.05) is 22.9 Å². The molecule has 2 fully saturated rings. The number of aryl methyl sites for hydroxylation is 2. The van der Waals surface area contributed by atoms with Gasteiger partial charge in [-0.1, -0.05) is 0 Å². The topological polar surface area (TPSA) is 85.0 Å². The number of aromatic hydroxyl groups is 1. The number of phenols is 1. The lowest BCUT2D eigenvalue weighted by Crippen LogP contribution is -2.45. The summed E-state index contributed by atoms with van der Waals surface area (Å²) in [4.78, 5) is 12.8. The Kier molecular flexibility index (Phi) is 6.62. The summed E-state index contributed by atoms with van der Waals surface area (Å²) in [6.45, 7) is 6.84. The molecule has 0 saturated carbocycles. The van der Waals surface area contributed by atoms with Crippen molar-refractivity contribution in [2.75, 3.05) is 24.7 Å². The SMILES string of the molecule is CCOC(=O)C[C@](N)(S)c1cc(-c2c(C)cc(N3C4CCC3COC4)cc2O)cc(C)c1F.